The van der Waals surface area contributed by atoms with Crippen LogP contribution in [0.5, 0.6) is 5.75 Å². The van der Waals surface area contributed by atoms with Crippen LogP contribution in [0.1, 0.15) is 17.5 Å². The normalized spacial score (nSPS) is 17.2. The van der Waals surface area contributed by atoms with Gasteiger partial charge >= 0.3 is 6.18 Å². The van der Waals surface area contributed by atoms with E-state index >= 15 is 0 Å². The van der Waals surface area contributed by atoms with E-state index in [-0.39, 0.29) is 37.1 Å². The Balaban J connectivity index is 1.63. The van der Waals surface area contributed by atoms with Crippen molar-refractivity contribution in [2.45, 2.75) is 19.1 Å². The molecule has 0 bridgehead atoms. The maximum Gasteiger partial charge on any atom is 0.416 e. The molecule has 0 saturated carbocycles. The third-order valence-electron chi connectivity index (χ3n) is 4.35. The number of rotatable bonds is 4. The minimum absolute atomic E-state index is 0.00286. The lowest BCUT2D eigenvalue weighted by Gasteiger charge is -2.17. The van der Waals surface area contributed by atoms with Gasteiger partial charge in [-0.25, -0.2) is 0 Å². The van der Waals surface area contributed by atoms with Gasteiger partial charge in [-0.1, -0.05) is 12.1 Å². The van der Waals surface area contributed by atoms with Crippen LogP contribution in [-0.4, -0.2) is 28.4 Å². The SMILES string of the molecule is O=C(Nc1ccc(O)cc1)[C@@H]1CC(=O)N(Cc2cccc(C(F)(F)F)c2)C1. The number of aromatic hydroxyl groups is 1. The van der Waals surface area contributed by atoms with E-state index < -0.39 is 17.7 Å². The van der Waals surface area contributed by atoms with Gasteiger partial charge in [-0.2, -0.15) is 13.2 Å². The molecule has 0 spiro atoms. The second kappa shape index (κ2) is 7.30. The second-order valence-electron chi connectivity index (χ2n) is 6.41. The topological polar surface area (TPSA) is 69.6 Å². The predicted molar refractivity (Wildman–Crippen MR) is 91.7 cm³/mol. The molecule has 2 amide bonds. The third-order valence-corrected chi connectivity index (χ3v) is 4.35. The molecular weight excluding hydrogens is 361 g/mol. The highest BCUT2D eigenvalue weighted by Gasteiger charge is 2.35. The number of phenolic OH excluding ortho intramolecular Hbond substituents is 1. The van der Waals surface area contributed by atoms with Crippen molar-refractivity contribution in [3.8, 4) is 5.75 Å². The molecule has 1 heterocycles. The number of hydrogen-bond acceptors (Lipinski definition) is 3. The summed E-state index contributed by atoms with van der Waals surface area (Å²) in [5.74, 6) is -1.15. The highest BCUT2D eigenvalue weighted by atomic mass is 19.4. The van der Waals surface area contributed by atoms with Crippen molar-refractivity contribution in [1.29, 1.82) is 0 Å². The molecule has 2 aromatic rings. The van der Waals surface area contributed by atoms with Gasteiger partial charge in [0.1, 0.15) is 5.75 Å². The van der Waals surface area contributed by atoms with Crippen LogP contribution in [0.15, 0.2) is 48.5 Å². The number of anilines is 1. The summed E-state index contributed by atoms with van der Waals surface area (Å²) in [5, 5.41) is 11.9. The van der Waals surface area contributed by atoms with Crippen LogP contribution in [0.4, 0.5) is 18.9 Å². The summed E-state index contributed by atoms with van der Waals surface area (Å²) in [6, 6.07) is 10.7. The van der Waals surface area contributed by atoms with Crippen LogP contribution >= 0.6 is 0 Å². The molecule has 27 heavy (non-hydrogen) atoms. The zero-order valence-electron chi connectivity index (χ0n) is 14.2. The van der Waals surface area contributed by atoms with Crippen LogP contribution < -0.4 is 5.32 Å². The monoisotopic (exact) mass is 378 g/mol. The molecule has 1 saturated heterocycles. The number of carbonyl (C=O) groups is 2. The summed E-state index contributed by atoms with van der Waals surface area (Å²) in [5.41, 5.74) is 0.0765. The third kappa shape index (κ3) is 4.58. The van der Waals surface area contributed by atoms with Gasteiger partial charge in [0.15, 0.2) is 0 Å². The molecule has 0 unspecified atom stereocenters. The van der Waals surface area contributed by atoms with Crippen LogP contribution in [-0.2, 0) is 22.3 Å². The van der Waals surface area contributed by atoms with Gasteiger partial charge < -0.3 is 15.3 Å². The molecule has 1 fully saturated rings. The Kier molecular flexibility index (Phi) is 5.07. The van der Waals surface area contributed by atoms with Crippen molar-refractivity contribution in [3.05, 3.63) is 59.7 Å². The molecule has 1 aliphatic heterocycles. The van der Waals surface area contributed by atoms with Crippen LogP contribution in [0.2, 0.25) is 0 Å². The molecule has 2 N–H and O–H groups in total. The van der Waals surface area contributed by atoms with Crippen molar-refractivity contribution in [1.82, 2.24) is 4.90 Å². The number of benzene rings is 2. The van der Waals surface area contributed by atoms with Crippen molar-refractivity contribution in [3.63, 3.8) is 0 Å². The summed E-state index contributed by atoms with van der Waals surface area (Å²) in [7, 11) is 0. The summed E-state index contributed by atoms with van der Waals surface area (Å²) >= 11 is 0. The molecule has 2 aromatic carbocycles. The van der Waals surface area contributed by atoms with Gasteiger partial charge in [-0.3, -0.25) is 9.59 Å². The van der Waals surface area contributed by atoms with E-state index in [0.29, 0.717) is 11.3 Å². The van der Waals surface area contributed by atoms with Gasteiger partial charge in [-0.05, 0) is 42.0 Å². The zero-order valence-corrected chi connectivity index (χ0v) is 14.2. The van der Waals surface area contributed by atoms with E-state index in [0.717, 1.165) is 12.1 Å². The van der Waals surface area contributed by atoms with E-state index in [2.05, 4.69) is 5.32 Å². The van der Waals surface area contributed by atoms with E-state index in [1.54, 1.807) is 0 Å². The van der Waals surface area contributed by atoms with Gasteiger partial charge in [0, 0.05) is 25.2 Å². The number of likely N-dealkylation sites (tertiary alicyclic amines) is 1. The van der Waals surface area contributed by atoms with Crippen molar-refractivity contribution in [2.24, 2.45) is 5.92 Å². The van der Waals surface area contributed by atoms with E-state index in [1.807, 2.05) is 0 Å². The number of alkyl halides is 3. The fourth-order valence-electron chi connectivity index (χ4n) is 2.96. The Morgan fingerprint density at radius 1 is 1.19 bits per heavy atom. The lowest BCUT2D eigenvalue weighted by molar-refractivity contribution is -0.137. The number of carbonyl (C=O) groups excluding carboxylic acids is 2. The van der Waals surface area contributed by atoms with Gasteiger partial charge in [0.05, 0.1) is 11.5 Å². The number of nitrogens with one attached hydrogen (secondary N) is 1. The van der Waals surface area contributed by atoms with E-state index in [1.165, 1.54) is 41.3 Å². The quantitative estimate of drug-likeness (QED) is 0.802. The number of halogens is 3. The molecule has 3 rings (SSSR count). The summed E-state index contributed by atoms with van der Waals surface area (Å²) in [4.78, 5) is 25.9. The zero-order chi connectivity index (χ0) is 19.6. The molecule has 0 aromatic heterocycles. The standard InChI is InChI=1S/C19H17F3N2O3/c20-19(21,22)14-3-1-2-12(8-14)10-24-11-13(9-17(24)26)18(27)23-15-4-6-16(25)7-5-15/h1-8,13,25H,9-11H2,(H,23,27)/t13-/m1/s1. The van der Waals surface area contributed by atoms with Crippen LogP contribution in [0.3, 0.4) is 0 Å². The highest BCUT2D eigenvalue weighted by Crippen LogP contribution is 2.30. The predicted octanol–water partition coefficient (Wildman–Crippen LogP) is 3.40. The van der Waals surface area contributed by atoms with Crippen molar-refractivity contribution < 1.29 is 27.9 Å². The minimum atomic E-state index is -4.45. The molecular formula is C19H17F3N2O3. The molecule has 8 heteroatoms. The van der Waals surface area contributed by atoms with Gasteiger partial charge in [-0.15, -0.1) is 0 Å². The molecule has 5 nitrogen and oxygen atoms in total. The lowest BCUT2D eigenvalue weighted by Crippen LogP contribution is -2.28. The largest absolute Gasteiger partial charge is 0.508 e. The average molecular weight is 378 g/mol. The van der Waals surface area contributed by atoms with Crippen LogP contribution in [0, 0.1) is 5.92 Å². The number of nitrogens with zero attached hydrogens (tertiary/aromatic N) is 1. The Labute approximate surface area is 153 Å². The fourth-order valence-corrected chi connectivity index (χ4v) is 2.96. The van der Waals surface area contributed by atoms with Crippen LogP contribution in [0.25, 0.3) is 0 Å². The maximum atomic E-state index is 12.8. The Morgan fingerprint density at radius 2 is 1.89 bits per heavy atom. The number of amides is 2. The van der Waals surface area contributed by atoms with Gasteiger partial charge in [0.25, 0.3) is 0 Å². The Bertz CT molecular complexity index is 850. The fraction of sp³-hybridized carbons (Fsp3) is 0.263. The highest BCUT2D eigenvalue weighted by molar-refractivity contribution is 5.97. The van der Waals surface area contributed by atoms with Crippen molar-refractivity contribution in [2.75, 3.05) is 11.9 Å². The lowest BCUT2D eigenvalue weighted by atomic mass is 10.1. The van der Waals surface area contributed by atoms with E-state index in [4.69, 9.17) is 0 Å². The molecule has 0 aliphatic carbocycles. The Morgan fingerprint density at radius 3 is 2.56 bits per heavy atom. The molecule has 142 valence electrons. The number of hydrogen-bond donors (Lipinski definition) is 2. The van der Waals surface area contributed by atoms with E-state index in [9.17, 15) is 27.9 Å². The average Bonchev–Trinajstić information content (AvgIpc) is 2.97. The maximum absolute atomic E-state index is 12.8. The molecule has 1 aliphatic rings. The number of phenols is 1. The first kappa shape index (κ1) is 18.8. The van der Waals surface area contributed by atoms with Crippen molar-refractivity contribution >= 4 is 17.5 Å². The first-order chi connectivity index (χ1) is 12.7. The minimum Gasteiger partial charge on any atom is -0.508 e. The first-order valence-corrected chi connectivity index (χ1v) is 8.26. The van der Waals surface area contributed by atoms with Gasteiger partial charge in [0.2, 0.25) is 11.8 Å². The second-order valence-corrected chi connectivity index (χ2v) is 6.41. The summed E-state index contributed by atoms with van der Waals surface area (Å²) in [6.45, 7) is 0.157. The Hall–Kier alpha value is -3.03. The smallest absolute Gasteiger partial charge is 0.416 e. The molecule has 0 radical (unpaired) electrons. The molecule has 1 atom stereocenters. The summed E-state index contributed by atoms with van der Waals surface area (Å²) < 4.78 is 38.4. The summed E-state index contributed by atoms with van der Waals surface area (Å²) in [6.07, 6.45) is -4.44. The first-order valence-electron chi connectivity index (χ1n) is 8.26.